The third-order valence-electron chi connectivity index (χ3n) is 8.34. The van der Waals surface area contributed by atoms with Crippen LogP contribution < -0.4 is 10.1 Å². The summed E-state index contributed by atoms with van der Waals surface area (Å²) in [5.74, 6) is 1.60. The van der Waals surface area contributed by atoms with Gasteiger partial charge in [-0.25, -0.2) is 0 Å². The summed E-state index contributed by atoms with van der Waals surface area (Å²) in [6.45, 7) is -0.0821. The van der Waals surface area contributed by atoms with Crippen molar-refractivity contribution in [2.75, 3.05) is 19.9 Å². The highest BCUT2D eigenvalue weighted by molar-refractivity contribution is 8.76. The molecule has 4 aromatic rings. The van der Waals surface area contributed by atoms with Gasteiger partial charge in [0, 0.05) is 29.9 Å². The lowest BCUT2D eigenvalue weighted by molar-refractivity contribution is -0.124. The third-order valence-corrected chi connectivity index (χ3v) is 10.7. The smallest absolute Gasteiger partial charge is 0.168 e. The summed E-state index contributed by atoms with van der Waals surface area (Å²) in [5, 5.41) is 46.8. The van der Waals surface area contributed by atoms with E-state index in [2.05, 4.69) is 5.32 Å². The van der Waals surface area contributed by atoms with Gasteiger partial charge in [0.05, 0.1) is 25.9 Å². The summed E-state index contributed by atoms with van der Waals surface area (Å²) in [5.41, 5.74) is 5.04. The van der Waals surface area contributed by atoms with E-state index in [0.717, 1.165) is 44.2 Å². The predicted octanol–water partition coefficient (Wildman–Crippen LogP) is 6.65. The lowest BCUT2D eigenvalue weighted by atomic mass is 9.89. The molecule has 46 heavy (non-hydrogen) atoms. The van der Waals surface area contributed by atoms with E-state index in [-0.39, 0.29) is 36.7 Å². The number of ether oxygens (including phenoxy) is 2. The molecular weight excluding hydrogens is 623 g/mol. The molecule has 8 nitrogen and oxygen atoms in total. The van der Waals surface area contributed by atoms with Gasteiger partial charge in [-0.2, -0.15) is 0 Å². The van der Waals surface area contributed by atoms with Crippen molar-refractivity contribution in [3.05, 3.63) is 89.0 Å². The highest BCUT2D eigenvalue weighted by Gasteiger charge is 2.25. The molecular formula is C36H41NO7S2. The first kappa shape index (κ1) is 34.1. The molecule has 0 unspecified atom stereocenters. The van der Waals surface area contributed by atoms with Crippen molar-refractivity contribution >= 4 is 38.1 Å². The molecule has 1 aliphatic heterocycles. The second-order valence-corrected chi connectivity index (χ2v) is 14.0. The van der Waals surface area contributed by atoms with Gasteiger partial charge >= 0.3 is 0 Å². The zero-order valence-corrected chi connectivity index (χ0v) is 27.7. The Balaban J connectivity index is 1.49. The molecule has 10 heteroatoms. The topological polar surface area (TPSA) is 128 Å². The monoisotopic (exact) mass is 663 g/mol. The molecule has 0 saturated carbocycles. The highest BCUT2D eigenvalue weighted by Crippen LogP contribution is 2.45. The molecule has 0 saturated heterocycles. The zero-order chi connectivity index (χ0) is 32.6. The average molecular weight is 664 g/mol. The van der Waals surface area contributed by atoms with Crippen LogP contribution in [0.15, 0.2) is 66.7 Å². The van der Waals surface area contributed by atoms with E-state index in [1.54, 1.807) is 46.8 Å². The van der Waals surface area contributed by atoms with Crippen LogP contribution >= 0.6 is 21.6 Å². The van der Waals surface area contributed by atoms with Crippen molar-refractivity contribution in [1.82, 2.24) is 5.32 Å². The molecule has 5 N–H and O–H groups in total. The number of carbonyl (C=O) groups is 1. The van der Waals surface area contributed by atoms with Crippen LogP contribution in [0, 0.1) is 0 Å². The van der Waals surface area contributed by atoms with Gasteiger partial charge in [-0.05, 0) is 89.2 Å². The van der Waals surface area contributed by atoms with Crippen LogP contribution in [0.3, 0.4) is 0 Å². The first-order chi connectivity index (χ1) is 22.3. The number of ketones is 1. The van der Waals surface area contributed by atoms with E-state index in [4.69, 9.17) is 9.47 Å². The lowest BCUT2D eigenvalue weighted by Gasteiger charge is -2.26. The molecule has 244 valence electrons. The molecule has 0 aromatic heterocycles. The van der Waals surface area contributed by atoms with Gasteiger partial charge in [0.1, 0.15) is 17.8 Å². The molecule has 5 rings (SSSR count). The van der Waals surface area contributed by atoms with Crippen LogP contribution in [0.4, 0.5) is 0 Å². The number of Topliss-reactive ketones (excluding diaryl/α,β-unsaturated/α-hetero) is 1. The molecule has 3 atom stereocenters. The lowest BCUT2D eigenvalue weighted by Crippen LogP contribution is -2.28. The van der Waals surface area contributed by atoms with Gasteiger partial charge in [-0.3, -0.25) is 10.1 Å². The number of aryl methyl sites for hydroxylation is 1. The number of aliphatic hydroxyl groups is 2. The fraction of sp³-hybridized carbons (Fsp3) is 0.361. The van der Waals surface area contributed by atoms with Crippen molar-refractivity contribution in [3.63, 3.8) is 0 Å². The average Bonchev–Trinajstić information content (AvgIpc) is 3.06. The summed E-state index contributed by atoms with van der Waals surface area (Å²) in [7, 11) is 6.50. The molecule has 0 aliphatic carbocycles. The Kier molecular flexibility index (Phi) is 11.9. The molecule has 0 radical (unpaired) electrons. The highest BCUT2D eigenvalue weighted by atomic mass is 33.1. The number of aromatic hydroxyl groups is 2. The van der Waals surface area contributed by atoms with Crippen molar-refractivity contribution in [2.24, 2.45) is 0 Å². The third kappa shape index (κ3) is 8.17. The number of aliphatic hydroxyl groups excluding tert-OH is 2. The summed E-state index contributed by atoms with van der Waals surface area (Å²) in [6, 6.07) is 20.2. The molecule has 0 amide bonds. The Labute approximate surface area is 277 Å². The maximum Gasteiger partial charge on any atom is 0.168 e. The van der Waals surface area contributed by atoms with E-state index >= 15 is 0 Å². The summed E-state index contributed by atoms with van der Waals surface area (Å²) >= 11 is 0. The van der Waals surface area contributed by atoms with E-state index in [9.17, 15) is 25.2 Å². The largest absolute Gasteiger partial charge is 0.508 e. The van der Waals surface area contributed by atoms with Gasteiger partial charge in [0.2, 0.25) is 0 Å². The Hall–Kier alpha value is -3.25. The van der Waals surface area contributed by atoms with Crippen molar-refractivity contribution in [2.45, 2.75) is 62.9 Å². The quantitative estimate of drug-likeness (QED) is 0.113. The minimum Gasteiger partial charge on any atom is -0.508 e. The van der Waals surface area contributed by atoms with Gasteiger partial charge in [0.25, 0.3) is 0 Å². The normalized spacial score (nSPS) is 18.9. The standard InChI is InChI=1S/C36H41NO7S2/c1-37-36(25-5-3-4-22(16-25)19-38)44-29-13-12-28(41)20-45-46-21-32-30(14-8-23-6-10-27(40)18-31(23)32)34-24(7-11-26(39)17-29)9-15-33(42)35(34)43-2/h3-6,8-10,14-16,18,28-29,36-38,40-42H,7,11-13,17,19-21H2,1-2H3/t28-,29+,36+/m0/s1. The Morgan fingerprint density at radius 3 is 2.61 bits per heavy atom. The van der Waals surface area contributed by atoms with Crippen molar-refractivity contribution < 1.29 is 34.7 Å². The van der Waals surface area contributed by atoms with Crippen LogP contribution in [0.25, 0.3) is 21.9 Å². The SMILES string of the molecule is CN[C@H](O[C@@H]1CC[C@H](O)CSSCc2c(ccc3ccc(O)cc23)-c2c(ccc(O)c2OC)CCC(=O)C1)c1cccc(CO)c1. The molecule has 1 heterocycles. The Bertz CT molecular complexity index is 1660. The summed E-state index contributed by atoms with van der Waals surface area (Å²) in [6.07, 6.45) is 0.317. The number of phenols is 2. The van der Waals surface area contributed by atoms with E-state index < -0.39 is 18.4 Å². The second-order valence-electron chi connectivity index (χ2n) is 11.5. The van der Waals surface area contributed by atoms with Gasteiger partial charge in [-0.15, -0.1) is 0 Å². The van der Waals surface area contributed by atoms with Gasteiger partial charge in [-0.1, -0.05) is 64.1 Å². The van der Waals surface area contributed by atoms with E-state index in [1.165, 1.54) is 7.11 Å². The molecule has 0 spiro atoms. The predicted molar refractivity (Wildman–Crippen MR) is 185 cm³/mol. The van der Waals surface area contributed by atoms with Crippen molar-refractivity contribution in [3.8, 4) is 28.4 Å². The molecule has 1 aliphatic rings. The Morgan fingerprint density at radius 1 is 1.00 bits per heavy atom. The van der Waals surface area contributed by atoms with E-state index in [1.807, 2.05) is 48.5 Å². The zero-order valence-electron chi connectivity index (χ0n) is 26.1. The van der Waals surface area contributed by atoms with Gasteiger partial charge < -0.3 is 29.9 Å². The molecule has 4 aromatic carbocycles. The number of benzene rings is 4. The number of methoxy groups -OCH3 is 1. The van der Waals surface area contributed by atoms with Crippen molar-refractivity contribution in [1.29, 1.82) is 0 Å². The molecule has 0 bridgehead atoms. The fourth-order valence-electron chi connectivity index (χ4n) is 5.98. The maximum absolute atomic E-state index is 13.6. The maximum atomic E-state index is 13.6. The van der Waals surface area contributed by atoms with Gasteiger partial charge in [0.15, 0.2) is 11.5 Å². The van der Waals surface area contributed by atoms with Crippen LogP contribution in [0.1, 0.15) is 54.2 Å². The second kappa shape index (κ2) is 16.0. The number of nitrogens with one attached hydrogen (secondary N) is 1. The fourth-order valence-corrected chi connectivity index (χ4v) is 8.28. The number of carbonyl (C=O) groups excluding carboxylic acids is 1. The summed E-state index contributed by atoms with van der Waals surface area (Å²) in [4.78, 5) is 13.6. The van der Waals surface area contributed by atoms with E-state index in [0.29, 0.717) is 36.5 Å². The Morgan fingerprint density at radius 2 is 1.83 bits per heavy atom. The first-order valence-corrected chi connectivity index (χ1v) is 17.9. The number of rotatable bonds is 6. The van der Waals surface area contributed by atoms with Crippen LogP contribution in [-0.2, 0) is 28.3 Å². The summed E-state index contributed by atoms with van der Waals surface area (Å²) < 4.78 is 12.2. The minimum atomic E-state index is -0.592. The number of hydrogen-bond donors (Lipinski definition) is 5. The minimum absolute atomic E-state index is 0.00549. The van der Waals surface area contributed by atoms with Crippen LogP contribution in [0.2, 0.25) is 0 Å². The number of fused-ring (bicyclic) bond motifs is 5. The number of phenolic OH excluding ortho intramolecular Hbond substituents is 2. The number of hydrogen-bond acceptors (Lipinski definition) is 10. The molecule has 0 fully saturated rings. The first-order valence-electron chi connectivity index (χ1n) is 15.4. The van der Waals surface area contributed by atoms with Crippen LogP contribution in [0.5, 0.6) is 17.2 Å². The van der Waals surface area contributed by atoms with Crippen LogP contribution in [-0.4, -0.2) is 58.3 Å².